The Morgan fingerprint density at radius 1 is 1.59 bits per heavy atom. The van der Waals surface area contributed by atoms with Gasteiger partial charge in [0.1, 0.15) is 0 Å². The fraction of sp³-hybridized carbons (Fsp3) is 0.417. The van der Waals surface area contributed by atoms with Gasteiger partial charge in [-0.15, -0.1) is 0 Å². The second-order valence-corrected chi connectivity index (χ2v) is 5.17. The number of hydrogen-bond acceptors (Lipinski definition) is 3. The first-order chi connectivity index (χ1) is 7.91. The molecule has 0 aliphatic rings. The molecule has 17 heavy (non-hydrogen) atoms. The van der Waals surface area contributed by atoms with E-state index < -0.39 is 5.54 Å². The van der Waals surface area contributed by atoms with Crippen molar-refractivity contribution in [1.82, 2.24) is 5.32 Å². The molecule has 94 valence electrons. The highest BCUT2D eigenvalue weighted by atomic mass is 79.9. The van der Waals surface area contributed by atoms with Crippen LogP contribution in [-0.2, 0) is 0 Å². The standard InChI is InChI=1S/C12H17BrN2O2/c1-3-12(2,7-16)15-11(17)9-6-8(13)4-5-10(9)14/h4-6,16H,3,7,14H2,1-2H3,(H,15,17). The molecule has 0 fully saturated rings. The zero-order valence-corrected chi connectivity index (χ0v) is 11.5. The third-order valence-corrected chi connectivity index (χ3v) is 3.30. The largest absolute Gasteiger partial charge is 0.398 e. The van der Waals surface area contributed by atoms with Crippen molar-refractivity contribution in [2.75, 3.05) is 12.3 Å². The van der Waals surface area contributed by atoms with E-state index in [1.807, 2.05) is 6.92 Å². The van der Waals surface area contributed by atoms with Gasteiger partial charge in [-0.2, -0.15) is 0 Å². The summed E-state index contributed by atoms with van der Waals surface area (Å²) >= 11 is 3.29. The van der Waals surface area contributed by atoms with Crippen LogP contribution in [0.1, 0.15) is 30.6 Å². The van der Waals surface area contributed by atoms with E-state index in [-0.39, 0.29) is 12.5 Å². The zero-order chi connectivity index (χ0) is 13.1. The van der Waals surface area contributed by atoms with Crippen molar-refractivity contribution in [3.8, 4) is 0 Å². The van der Waals surface area contributed by atoms with E-state index in [0.717, 1.165) is 4.47 Å². The van der Waals surface area contributed by atoms with Gasteiger partial charge >= 0.3 is 0 Å². The minimum absolute atomic E-state index is 0.108. The van der Waals surface area contributed by atoms with Crippen LogP contribution in [0.15, 0.2) is 22.7 Å². The van der Waals surface area contributed by atoms with Gasteiger partial charge in [0.25, 0.3) is 5.91 Å². The third-order valence-electron chi connectivity index (χ3n) is 2.80. The highest BCUT2D eigenvalue weighted by Crippen LogP contribution is 2.19. The van der Waals surface area contributed by atoms with E-state index in [4.69, 9.17) is 5.73 Å². The van der Waals surface area contributed by atoms with Gasteiger partial charge in [-0.1, -0.05) is 22.9 Å². The van der Waals surface area contributed by atoms with Gasteiger partial charge in [0.05, 0.1) is 17.7 Å². The summed E-state index contributed by atoms with van der Waals surface area (Å²) in [5.74, 6) is -0.276. The molecule has 0 bridgehead atoms. The van der Waals surface area contributed by atoms with Gasteiger partial charge in [0.2, 0.25) is 0 Å². The molecular weight excluding hydrogens is 284 g/mol. The lowest BCUT2D eigenvalue weighted by Crippen LogP contribution is -2.48. The van der Waals surface area contributed by atoms with Gasteiger partial charge in [0, 0.05) is 10.2 Å². The molecule has 4 nitrogen and oxygen atoms in total. The minimum Gasteiger partial charge on any atom is -0.398 e. The lowest BCUT2D eigenvalue weighted by atomic mass is 9.99. The number of aliphatic hydroxyl groups is 1. The Labute approximate surface area is 109 Å². The van der Waals surface area contributed by atoms with Gasteiger partial charge in [0.15, 0.2) is 0 Å². The first-order valence-electron chi connectivity index (χ1n) is 5.40. The van der Waals surface area contributed by atoms with Crippen molar-refractivity contribution in [2.45, 2.75) is 25.8 Å². The van der Waals surface area contributed by atoms with Crippen molar-refractivity contribution in [1.29, 1.82) is 0 Å². The van der Waals surface area contributed by atoms with Gasteiger partial charge in [-0.3, -0.25) is 4.79 Å². The molecule has 0 saturated carbocycles. The van der Waals surface area contributed by atoms with Gasteiger partial charge in [-0.25, -0.2) is 0 Å². The highest BCUT2D eigenvalue weighted by molar-refractivity contribution is 9.10. The molecule has 0 aromatic heterocycles. The van der Waals surface area contributed by atoms with Crippen LogP contribution < -0.4 is 11.1 Å². The predicted molar refractivity (Wildman–Crippen MR) is 71.8 cm³/mol. The van der Waals surface area contributed by atoms with Crippen LogP contribution in [0.2, 0.25) is 0 Å². The first-order valence-corrected chi connectivity index (χ1v) is 6.19. The second-order valence-electron chi connectivity index (χ2n) is 4.26. The fourth-order valence-electron chi connectivity index (χ4n) is 1.31. The SMILES string of the molecule is CCC(C)(CO)NC(=O)c1cc(Br)ccc1N. The highest BCUT2D eigenvalue weighted by Gasteiger charge is 2.24. The number of benzene rings is 1. The molecule has 1 aromatic carbocycles. The van der Waals surface area contributed by atoms with Crippen LogP contribution in [0.25, 0.3) is 0 Å². The van der Waals surface area contributed by atoms with Crippen molar-refractivity contribution in [3.05, 3.63) is 28.2 Å². The monoisotopic (exact) mass is 300 g/mol. The van der Waals surface area contributed by atoms with E-state index in [0.29, 0.717) is 17.7 Å². The van der Waals surface area contributed by atoms with Gasteiger partial charge < -0.3 is 16.2 Å². The Morgan fingerprint density at radius 2 is 2.24 bits per heavy atom. The first kappa shape index (κ1) is 14.0. The predicted octanol–water partition coefficient (Wildman–Crippen LogP) is 1.92. The summed E-state index contributed by atoms with van der Waals surface area (Å²) in [6, 6.07) is 5.11. The molecule has 1 atom stereocenters. The molecule has 0 aliphatic carbocycles. The third kappa shape index (κ3) is 3.44. The number of rotatable bonds is 4. The summed E-state index contributed by atoms with van der Waals surface area (Å²) in [6.07, 6.45) is 0.642. The molecule has 1 rings (SSSR count). The molecule has 5 heteroatoms. The maximum Gasteiger partial charge on any atom is 0.253 e. The summed E-state index contributed by atoms with van der Waals surface area (Å²) in [4.78, 5) is 12.0. The van der Waals surface area contributed by atoms with E-state index in [2.05, 4.69) is 21.2 Å². The normalized spacial score (nSPS) is 14.1. The molecule has 1 unspecified atom stereocenters. The molecule has 0 spiro atoms. The maximum absolute atomic E-state index is 12.0. The van der Waals surface area contributed by atoms with Crippen LogP contribution >= 0.6 is 15.9 Å². The summed E-state index contributed by atoms with van der Waals surface area (Å²) < 4.78 is 0.791. The minimum atomic E-state index is -0.619. The average molecular weight is 301 g/mol. The van der Waals surface area contributed by atoms with Crippen molar-refractivity contribution in [2.24, 2.45) is 0 Å². The lowest BCUT2D eigenvalue weighted by Gasteiger charge is -2.27. The van der Waals surface area contributed by atoms with Crippen molar-refractivity contribution >= 4 is 27.5 Å². The number of anilines is 1. The summed E-state index contributed by atoms with van der Waals surface area (Å²) in [5, 5.41) is 12.0. The number of nitrogens with one attached hydrogen (secondary N) is 1. The number of amides is 1. The van der Waals surface area contributed by atoms with E-state index in [9.17, 15) is 9.90 Å². The zero-order valence-electron chi connectivity index (χ0n) is 9.96. The Morgan fingerprint density at radius 3 is 2.76 bits per heavy atom. The van der Waals surface area contributed by atoms with Crippen LogP contribution in [0.4, 0.5) is 5.69 Å². The summed E-state index contributed by atoms with van der Waals surface area (Å²) in [7, 11) is 0. The van der Waals surface area contributed by atoms with E-state index in [1.54, 1.807) is 25.1 Å². The number of nitrogen functional groups attached to an aromatic ring is 1. The molecule has 0 heterocycles. The number of carbonyl (C=O) groups is 1. The summed E-state index contributed by atoms with van der Waals surface area (Å²) in [6.45, 7) is 3.59. The number of halogens is 1. The number of nitrogens with two attached hydrogens (primary N) is 1. The average Bonchev–Trinajstić information content (AvgIpc) is 2.32. The molecule has 0 saturated heterocycles. The molecule has 0 aliphatic heterocycles. The molecule has 1 amide bonds. The fourth-order valence-corrected chi connectivity index (χ4v) is 1.67. The summed E-state index contributed by atoms with van der Waals surface area (Å²) in [5.41, 5.74) is 5.96. The number of hydrogen-bond donors (Lipinski definition) is 3. The Hall–Kier alpha value is -1.07. The number of carbonyl (C=O) groups excluding carboxylic acids is 1. The molecular formula is C12H17BrN2O2. The lowest BCUT2D eigenvalue weighted by molar-refractivity contribution is 0.0848. The topological polar surface area (TPSA) is 75.3 Å². The Kier molecular flexibility index (Phi) is 4.54. The Bertz CT molecular complexity index is 417. The number of aliphatic hydroxyl groups excluding tert-OH is 1. The molecule has 0 radical (unpaired) electrons. The van der Waals surface area contributed by atoms with Crippen LogP contribution in [0.5, 0.6) is 0 Å². The quantitative estimate of drug-likeness (QED) is 0.744. The Balaban J connectivity index is 2.94. The van der Waals surface area contributed by atoms with Gasteiger partial charge in [-0.05, 0) is 31.5 Å². The maximum atomic E-state index is 12.0. The van der Waals surface area contributed by atoms with E-state index >= 15 is 0 Å². The van der Waals surface area contributed by atoms with Crippen molar-refractivity contribution in [3.63, 3.8) is 0 Å². The van der Waals surface area contributed by atoms with Crippen LogP contribution in [0.3, 0.4) is 0 Å². The molecule has 4 N–H and O–H groups in total. The second kappa shape index (κ2) is 5.51. The van der Waals surface area contributed by atoms with Crippen molar-refractivity contribution < 1.29 is 9.90 Å². The smallest absolute Gasteiger partial charge is 0.253 e. The molecule has 1 aromatic rings. The van der Waals surface area contributed by atoms with Crippen LogP contribution in [0, 0.1) is 0 Å². The van der Waals surface area contributed by atoms with E-state index in [1.165, 1.54) is 0 Å². The van der Waals surface area contributed by atoms with Crippen LogP contribution in [-0.4, -0.2) is 23.2 Å².